The summed E-state index contributed by atoms with van der Waals surface area (Å²) in [5, 5.41) is 14.7. The van der Waals surface area contributed by atoms with E-state index in [1.165, 1.54) is 0 Å². The lowest BCUT2D eigenvalue weighted by Gasteiger charge is -2.21. The molecule has 0 rings (SSSR count). The average Bonchev–Trinajstić information content (AvgIpc) is 2.18. The smallest absolute Gasteiger partial charge is 0.315 e. The SMILES string of the molecule is CSC(CO)C(C)NC(=O)NCCC(C)C. The van der Waals surface area contributed by atoms with E-state index in [4.69, 9.17) is 5.11 Å². The normalized spacial score (nSPS) is 14.6. The molecule has 5 heteroatoms. The molecule has 16 heavy (non-hydrogen) atoms. The van der Waals surface area contributed by atoms with Gasteiger partial charge in [-0.2, -0.15) is 11.8 Å². The summed E-state index contributed by atoms with van der Waals surface area (Å²) >= 11 is 1.56. The molecule has 3 N–H and O–H groups in total. The Balaban J connectivity index is 3.77. The van der Waals surface area contributed by atoms with Crippen molar-refractivity contribution in [2.45, 2.75) is 38.5 Å². The summed E-state index contributed by atoms with van der Waals surface area (Å²) in [7, 11) is 0. The number of carbonyl (C=O) groups excluding carboxylic acids is 1. The van der Waals surface area contributed by atoms with Gasteiger partial charge in [0.15, 0.2) is 0 Å². The van der Waals surface area contributed by atoms with Gasteiger partial charge in [0.05, 0.1) is 6.61 Å². The minimum atomic E-state index is -0.152. The lowest BCUT2D eigenvalue weighted by molar-refractivity contribution is 0.232. The highest BCUT2D eigenvalue weighted by Gasteiger charge is 2.16. The van der Waals surface area contributed by atoms with Crippen molar-refractivity contribution in [1.82, 2.24) is 10.6 Å². The van der Waals surface area contributed by atoms with Crippen molar-refractivity contribution in [1.29, 1.82) is 0 Å². The van der Waals surface area contributed by atoms with E-state index in [0.717, 1.165) is 6.42 Å². The Kier molecular flexibility index (Phi) is 8.47. The third kappa shape index (κ3) is 6.95. The zero-order valence-corrected chi connectivity index (χ0v) is 11.4. The monoisotopic (exact) mass is 248 g/mol. The molecule has 0 aliphatic carbocycles. The molecule has 0 fully saturated rings. The van der Waals surface area contributed by atoms with E-state index >= 15 is 0 Å². The maximum absolute atomic E-state index is 11.5. The number of hydrogen-bond donors (Lipinski definition) is 3. The summed E-state index contributed by atoms with van der Waals surface area (Å²) in [5.74, 6) is 0.592. The van der Waals surface area contributed by atoms with Gasteiger partial charge >= 0.3 is 6.03 Å². The molecule has 0 spiro atoms. The quantitative estimate of drug-likeness (QED) is 0.639. The maximum atomic E-state index is 11.5. The largest absolute Gasteiger partial charge is 0.395 e. The number of aliphatic hydroxyl groups excluding tert-OH is 1. The molecule has 0 heterocycles. The Morgan fingerprint density at radius 1 is 1.38 bits per heavy atom. The first-order chi connectivity index (χ1) is 7.51. The van der Waals surface area contributed by atoms with Crippen molar-refractivity contribution in [3.05, 3.63) is 0 Å². The Morgan fingerprint density at radius 3 is 2.44 bits per heavy atom. The van der Waals surface area contributed by atoms with Crippen LogP contribution in [0.5, 0.6) is 0 Å². The van der Waals surface area contributed by atoms with E-state index in [-0.39, 0.29) is 23.9 Å². The summed E-state index contributed by atoms with van der Waals surface area (Å²) < 4.78 is 0. The Bertz CT molecular complexity index is 196. The fourth-order valence-corrected chi connectivity index (χ4v) is 1.89. The van der Waals surface area contributed by atoms with Gasteiger partial charge in [0.2, 0.25) is 0 Å². The fraction of sp³-hybridized carbons (Fsp3) is 0.909. The van der Waals surface area contributed by atoms with E-state index in [1.807, 2.05) is 13.2 Å². The first kappa shape index (κ1) is 15.6. The zero-order valence-electron chi connectivity index (χ0n) is 10.6. The topological polar surface area (TPSA) is 61.4 Å². The molecule has 0 aliphatic rings. The number of urea groups is 1. The molecule has 0 aromatic rings. The van der Waals surface area contributed by atoms with Gasteiger partial charge in [-0.25, -0.2) is 4.79 Å². The van der Waals surface area contributed by atoms with Gasteiger partial charge in [0.25, 0.3) is 0 Å². The van der Waals surface area contributed by atoms with Crippen LogP contribution in [0.25, 0.3) is 0 Å². The van der Waals surface area contributed by atoms with Gasteiger partial charge in [-0.1, -0.05) is 13.8 Å². The van der Waals surface area contributed by atoms with Gasteiger partial charge in [-0.05, 0) is 25.5 Å². The highest BCUT2D eigenvalue weighted by atomic mass is 32.2. The van der Waals surface area contributed by atoms with E-state index in [1.54, 1.807) is 11.8 Å². The van der Waals surface area contributed by atoms with Crippen LogP contribution < -0.4 is 10.6 Å². The van der Waals surface area contributed by atoms with E-state index in [0.29, 0.717) is 12.5 Å². The minimum absolute atomic E-state index is 0.0287. The van der Waals surface area contributed by atoms with Crippen molar-refractivity contribution in [3.8, 4) is 0 Å². The first-order valence-corrected chi connectivity index (χ1v) is 6.98. The van der Waals surface area contributed by atoms with Gasteiger partial charge in [0, 0.05) is 17.8 Å². The summed E-state index contributed by atoms with van der Waals surface area (Å²) in [6.07, 6.45) is 2.91. The second-order valence-electron chi connectivity index (χ2n) is 4.33. The van der Waals surface area contributed by atoms with Crippen LogP contribution in [0, 0.1) is 5.92 Å². The predicted molar refractivity (Wildman–Crippen MR) is 69.8 cm³/mol. The Morgan fingerprint density at radius 2 is 2.00 bits per heavy atom. The zero-order chi connectivity index (χ0) is 12.6. The molecule has 0 aromatic heterocycles. The summed E-state index contributed by atoms with van der Waals surface area (Å²) in [6, 6.07) is -0.181. The molecule has 2 amide bonds. The van der Waals surface area contributed by atoms with Crippen LogP contribution >= 0.6 is 11.8 Å². The lowest BCUT2D eigenvalue weighted by atomic mass is 10.1. The van der Waals surface area contributed by atoms with Crippen LogP contribution in [0.1, 0.15) is 27.2 Å². The first-order valence-electron chi connectivity index (χ1n) is 5.69. The van der Waals surface area contributed by atoms with E-state index in [9.17, 15) is 4.79 Å². The lowest BCUT2D eigenvalue weighted by Crippen LogP contribution is -2.46. The van der Waals surface area contributed by atoms with Crippen molar-refractivity contribution in [3.63, 3.8) is 0 Å². The molecule has 96 valence electrons. The molecule has 0 aromatic carbocycles. The van der Waals surface area contributed by atoms with Crippen LogP contribution in [0.2, 0.25) is 0 Å². The summed E-state index contributed by atoms with van der Waals surface area (Å²) in [6.45, 7) is 6.92. The highest BCUT2D eigenvalue weighted by molar-refractivity contribution is 7.99. The second kappa shape index (κ2) is 8.70. The summed E-state index contributed by atoms with van der Waals surface area (Å²) in [4.78, 5) is 11.5. The highest BCUT2D eigenvalue weighted by Crippen LogP contribution is 2.09. The number of thioether (sulfide) groups is 1. The number of aliphatic hydroxyl groups is 1. The van der Waals surface area contributed by atoms with Crippen molar-refractivity contribution < 1.29 is 9.90 Å². The van der Waals surface area contributed by atoms with Crippen LogP contribution in [0.4, 0.5) is 4.79 Å². The molecule has 2 unspecified atom stereocenters. The number of nitrogens with one attached hydrogen (secondary N) is 2. The van der Waals surface area contributed by atoms with Crippen LogP contribution in [-0.2, 0) is 0 Å². The van der Waals surface area contributed by atoms with Crippen molar-refractivity contribution >= 4 is 17.8 Å². The number of carbonyl (C=O) groups is 1. The van der Waals surface area contributed by atoms with Crippen LogP contribution in [0.3, 0.4) is 0 Å². The van der Waals surface area contributed by atoms with Crippen molar-refractivity contribution in [2.24, 2.45) is 5.92 Å². The molecule has 4 nitrogen and oxygen atoms in total. The average molecular weight is 248 g/mol. The van der Waals surface area contributed by atoms with Gasteiger partial charge in [-0.3, -0.25) is 0 Å². The predicted octanol–water partition coefficient (Wildman–Crippen LogP) is 1.44. The standard InChI is InChI=1S/C11H24N2O2S/c1-8(2)5-6-12-11(15)13-9(3)10(7-14)16-4/h8-10,14H,5-7H2,1-4H3,(H2,12,13,15). The molecule has 2 atom stereocenters. The minimum Gasteiger partial charge on any atom is -0.395 e. The molecular weight excluding hydrogens is 224 g/mol. The maximum Gasteiger partial charge on any atom is 0.315 e. The number of amides is 2. The Hall–Kier alpha value is -0.420. The third-order valence-electron chi connectivity index (χ3n) is 2.41. The third-order valence-corrected chi connectivity index (χ3v) is 3.57. The molecule has 0 saturated heterocycles. The number of rotatable bonds is 7. The van der Waals surface area contributed by atoms with Crippen molar-refractivity contribution in [2.75, 3.05) is 19.4 Å². The van der Waals surface area contributed by atoms with Crippen LogP contribution in [-0.4, -0.2) is 41.8 Å². The molecular formula is C11H24N2O2S. The molecule has 0 saturated carbocycles. The summed E-state index contributed by atoms with van der Waals surface area (Å²) in [5.41, 5.74) is 0. The van der Waals surface area contributed by atoms with E-state index in [2.05, 4.69) is 24.5 Å². The molecule has 0 radical (unpaired) electrons. The van der Waals surface area contributed by atoms with Gasteiger partial charge in [-0.15, -0.1) is 0 Å². The van der Waals surface area contributed by atoms with Gasteiger partial charge < -0.3 is 15.7 Å². The van der Waals surface area contributed by atoms with E-state index < -0.39 is 0 Å². The van der Waals surface area contributed by atoms with Crippen LogP contribution in [0.15, 0.2) is 0 Å². The Labute approximate surface area is 103 Å². The van der Waals surface area contributed by atoms with Gasteiger partial charge in [0.1, 0.15) is 0 Å². The number of hydrogen-bond acceptors (Lipinski definition) is 3. The molecule has 0 aliphatic heterocycles. The fourth-order valence-electron chi connectivity index (χ4n) is 1.26. The molecule has 0 bridgehead atoms. The second-order valence-corrected chi connectivity index (χ2v) is 5.41.